The van der Waals surface area contributed by atoms with E-state index in [9.17, 15) is 69.3 Å². The molecule has 3 aliphatic heterocycles. The van der Waals surface area contributed by atoms with Crippen LogP contribution in [0.5, 0.6) is 11.5 Å². The van der Waals surface area contributed by atoms with E-state index in [0.717, 1.165) is 39.0 Å². The van der Waals surface area contributed by atoms with Gasteiger partial charge in [-0.2, -0.15) is 0 Å². The fourth-order valence-corrected chi connectivity index (χ4v) is 11.7. The monoisotopic (exact) mass is 1250 g/mol. The number of nitrogens with zero attached hydrogens (tertiary/aromatic N) is 4. The number of hydrogen-bond acceptors (Lipinski definition) is 21. The lowest BCUT2D eigenvalue weighted by Crippen LogP contribution is -2.64. The van der Waals surface area contributed by atoms with Crippen molar-refractivity contribution in [2.24, 2.45) is 17.4 Å². The number of aliphatic hydroxyl groups excluding tert-OH is 6. The molecule has 13 atom stereocenters. The Kier molecular flexibility index (Phi) is 22.9. The predicted octanol–water partition coefficient (Wildman–Crippen LogP) is -1.58. The Morgan fingerprint density at radius 3 is 1.93 bits per heavy atom. The Bertz CT molecular complexity index is 3280. The van der Waals surface area contributed by atoms with E-state index in [1.807, 2.05) is 55.5 Å². The first-order valence-corrected chi connectivity index (χ1v) is 30.2. The number of benzene rings is 4. The molecular formula is C61H77N11O16S. The van der Waals surface area contributed by atoms with Crippen LogP contribution in [-0.2, 0) is 46.5 Å². The second-order valence-corrected chi connectivity index (χ2v) is 23.4. The fraction of sp³-hybridized carbons (Fsp3) is 0.459. The second kappa shape index (κ2) is 30.5. The molecule has 5 aromatic rings. The maximum Gasteiger partial charge on any atom is 0.251 e. The molecule has 0 spiro atoms. The molecule has 1 aromatic heterocycles. The second-order valence-electron chi connectivity index (χ2n) is 22.4. The topological polar surface area (TPSA) is 424 Å². The third kappa shape index (κ3) is 16.4. The number of phenols is 1. The van der Waals surface area contributed by atoms with Crippen molar-refractivity contribution in [3.05, 3.63) is 108 Å². The largest absolute Gasteiger partial charge is 0.504 e. The maximum atomic E-state index is 14.7. The molecule has 1 unspecified atom stereocenters. The molecule has 16 N–H and O–H groups in total. The van der Waals surface area contributed by atoms with Crippen molar-refractivity contribution in [3.8, 4) is 43.8 Å². The zero-order valence-electron chi connectivity index (χ0n) is 49.3. The minimum Gasteiger partial charge on any atom is -0.504 e. The van der Waals surface area contributed by atoms with Crippen molar-refractivity contribution >= 4 is 52.7 Å². The molecule has 3 fully saturated rings. The fourth-order valence-electron chi connectivity index (χ4n) is 10.9. The van der Waals surface area contributed by atoms with Crippen LogP contribution in [0.1, 0.15) is 61.5 Å². The summed E-state index contributed by atoms with van der Waals surface area (Å²) in [7, 11) is 0. The van der Waals surface area contributed by atoms with Gasteiger partial charge in [0, 0.05) is 74.7 Å². The van der Waals surface area contributed by atoms with Crippen LogP contribution in [0, 0.1) is 5.92 Å². The Morgan fingerprint density at radius 1 is 0.708 bits per heavy atom. The molecule has 27 nitrogen and oxygen atoms in total. The number of β-amino-alcohol motifs (C(OH)–C–C–N with tert-alkyl or cyclic N) is 1. The smallest absolute Gasteiger partial charge is 0.251 e. The highest BCUT2D eigenvalue weighted by molar-refractivity contribution is 7.17. The van der Waals surface area contributed by atoms with Gasteiger partial charge in [0.15, 0.2) is 11.5 Å². The van der Waals surface area contributed by atoms with E-state index in [1.165, 1.54) is 48.6 Å². The highest BCUT2D eigenvalue weighted by atomic mass is 32.1. The summed E-state index contributed by atoms with van der Waals surface area (Å²) >= 11 is 1.31. The average molecular weight is 1250 g/mol. The minimum atomic E-state index is -2.04. The number of nitrogens with two attached hydrogens (primary N) is 2. The molecule has 0 bridgehead atoms. The Labute approximate surface area is 516 Å². The van der Waals surface area contributed by atoms with Gasteiger partial charge in [-0.25, -0.2) is 0 Å². The standard InChI is InChI=1S/C61H77N11O16S/c1-4-87-30-33-5-8-35(9-6-33)36-10-14-38(15-11-36)58-69-70-59(89-58)39-16-12-37(13-17-39)53(80)65-42-25-40(74)27-64-57(84)51-52(79)31(2)28-72(51)61(86)50(45(77)19-20-62)68-56(83)49(46(78)23-34-7-18-44(76)47(24-34)88-22-21-63)67-55(82)43-26-41(75)29-71(43)60(85)48(32(3)73)66-54(42)81/h5-18,24,31-32,40-43,45-46,48-52,73-79H,4,19-23,25-30,62-63H2,1-3H3,(H,64,84)(H,65,80)(H,66,81)(H,67,82)(H,68,83)/t31-,32+,40+,41+,42?,43-,45+,46+,48-,49-,50-,51-,52-/m0/s1. The summed E-state index contributed by atoms with van der Waals surface area (Å²) < 4.78 is 11.0. The lowest BCUT2D eigenvalue weighted by Gasteiger charge is -2.34. The normalized spacial score (nSPS) is 25.1. The van der Waals surface area contributed by atoms with Gasteiger partial charge in [-0.3, -0.25) is 33.6 Å². The van der Waals surface area contributed by atoms with Crippen LogP contribution in [-0.4, -0.2) is 216 Å². The summed E-state index contributed by atoms with van der Waals surface area (Å²) in [4.78, 5) is 103. The van der Waals surface area contributed by atoms with E-state index in [1.54, 1.807) is 12.1 Å². The number of amides is 7. The predicted molar refractivity (Wildman–Crippen MR) is 323 cm³/mol. The molecule has 0 aliphatic carbocycles. The molecular weight excluding hydrogens is 1170 g/mol. The lowest BCUT2D eigenvalue weighted by molar-refractivity contribution is -0.147. The molecule has 0 radical (unpaired) electrons. The number of aromatic nitrogens is 2. The van der Waals surface area contributed by atoms with Gasteiger partial charge in [-0.1, -0.05) is 85.0 Å². The number of carbonyl (C=O) groups is 7. The minimum absolute atomic E-state index is 0.00613. The van der Waals surface area contributed by atoms with Crippen molar-refractivity contribution in [1.29, 1.82) is 0 Å². The van der Waals surface area contributed by atoms with Crippen LogP contribution in [0.15, 0.2) is 91.0 Å². The van der Waals surface area contributed by atoms with Crippen LogP contribution in [0.3, 0.4) is 0 Å². The van der Waals surface area contributed by atoms with E-state index < -0.39 is 152 Å². The van der Waals surface area contributed by atoms with Crippen molar-refractivity contribution in [2.45, 2.75) is 126 Å². The molecule has 4 heterocycles. The number of ether oxygens (including phenoxy) is 2. The first-order chi connectivity index (χ1) is 42.6. The van der Waals surface area contributed by atoms with Gasteiger partial charge in [-0.05, 0) is 73.3 Å². The molecule has 89 heavy (non-hydrogen) atoms. The van der Waals surface area contributed by atoms with E-state index in [4.69, 9.17) is 20.9 Å². The molecule has 28 heteroatoms. The third-order valence-corrected chi connectivity index (χ3v) is 16.8. The Morgan fingerprint density at radius 2 is 1.30 bits per heavy atom. The summed E-state index contributed by atoms with van der Waals surface area (Å²) in [6, 6.07) is 15.2. The first kappa shape index (κ1) is 66.9. The molecule has 7 amide bonds. The molecule has 478 valence electrons. The lowest BCUT2D eigenvalue weighted by atomic mass is 9.98. The first-order valence-electron chi connectivity index (χ1n) is 29.3. The van der Waals surface area contributed by atoms with Crippen molar-refractivity contribution in [1.82, 2.24) is 46.6 Å². The van der Waals surface area contributed by atoms with Gasteiger partial charge in [0.1, 0.15) is 52.9 Å². The molecule has 3 aliphatic rings. The number of hydrogen-bond donors (Lipinski definition) is 14. The van der Waals surface area contributed by atoms with E-state index >= 15 is 0 Å². The molecule has 4 aromatic carbocycles. The van der Waals surface area contributed by atoms with E-state index in [-0.39, 0.29) is 55.3 Å². The van der Waals surface area contributed by atoms with Gasteiger partial charge in [0.05, 0.1) is 43.2 Å². The summed E-state index contributed by atoms with van der Waals surface area (Å²) in [5.41, 5.74) is 16.2. The van der Waals surface area contributed by atoms with Crippen molar-refractivity contribution < 1.29 is 78.8 Å². The zero-order chi connectivity index (χ0) is 64.2. The number of aromatic hydroxyl groups is 1. The van der Waals surface area contributed by atoms with Crippen LogP contribution in [0.2, 0.25) is 0 Å². The Hall–Kier alpha value is -8.03. The van der Waals surface area contributed by atoms with Gasteiger partial charge in [0.25, 0.3) is 5.91 Å². The quantitative estimate of drug-likeness (QED) is 0.0471. The average Bonchev–Trinajstić information content (AvgIpc) is 2.00. The SMILES string of the molecule is CCOCc1ccc(-c2ccc(-c3nnc(-c4ccc(C(=O)NC5C[C@@H](O)CNC(=O)[C@@H]6[C@@H](O)[C@@H](C)CN6C(=O)[C@H]([C@H](O)CCN)NC(=O)[C@H]([C@H](O)Cc6ccc(O)c(OCCN)c6)NC(=O)[C@@H]6C[C@@H](O)CN6C(=O)[C@H]([C@@H](C)O)NC5=O)cc4)s3)cc2)cc1. The van der Waals surface area contributed by atoms with Gasteiger partial charge in [-0.15, -0.1) is 10.2 Å². The molecule has 0 saturated carbocycles. The third-order valence-electron chi connectivity index (χ3n) is 15.8. The summed E-state index contributed by atoms with van der Waals surface area (Å²) in [6.45, 7) is 4.16. The summed E-state index contributed by atoms with van der Waals surface area (Å²) in [5.74, 6) is -8.67. The highest BCUT2D eigenvalue weighted by Crippen LogP contribution is 2.33. The summed E-state index contributed by atoms with van der Waals surface area (Å²) in [6.07, 6.45) is -11.9. The number of fused-ring (bicyclic) bond motifs is 2. The highest BCUT2D eigenvalue weighted by Gasteiger charge is 2.50. The number of phenolic OH excluding ortho intramolecular Hbond substituents is 1. The van der Waals surface area contributed by atoms with Gasteiger partial charge in [0.2, 0.25) is 35.4 Å². The van der Waals surface area contributed by atoms with Crippen LogP contribution in [0.25, 0.3) is 32.3 Å². The number of aliphatic hydroxyl groups is 6. The summed E-state index contributed by atoms with van der Waals surface area (Å²) in [5, 5.41) is 101. The van der Waals surface area contributed by atoms with E-state index in [0.29, 0.717) is 28.8 Å². The zero-order valence-corrected chi connectivity index (χ0v) is 50.1. The molecule has 3 saturated heterocycles. The molecule has 8 rings (SSSR count). The van der Waals surface area contributed by atoms with Crippen molar-refractivity contribution in [2.75, 3.05) is 45.9 Å². The maximum absolute atomic E-state index is 14.7. The number of carbonyl (C=O) groups excluding carboxylic acids is 7. The Balaban J connectivity index is 1.06. The number of rotatable bonds is 18. The van der Waals surface area contributed by atoms with E-state index in [2.05, 4.69) is 36.8 Å². The van der Waals surface area contributed by atoms with Crippen LogP contribution >= 0.6 is 11.3 Å². The number of nitrogens with one attached hydrogen (secondary N) is 5. The van der Waals surface area contributed by atoms with Crippen LogP contribution < -0.4 is 42.8 Å². The van der Waals surface area contributed by atoms with Crippen molar-refractivity contribution in [3.63, 3.8) is 0 Å². The van der Waals surface area contributed by atoms with Crippen LogP contribution in [0.4, 0.5) is 0 Å². The van der Waals surface area contributed by atoms with Gasteiger partial charge < -0.3 is 93.1 Å². The van der Waals surface area contributed by atoms with Gasteiger partial charge >= 0.3 is 0 Å².